The summed E-state index contributed by atoms with van der Waals surface area (Å²) >= 11 is 0. The SMILES string of the molecule is CCN(CC1CCC1)C(C)CC(C)(CO)NC. The van der Waals surface area contributed by atoms with Crippen LogP contribution in [0.5, 0.6) is 0 Å². The standard InChI is InChI=1S/C14H30N2O/c1-5-16(10-13-7-6-8-13)12(2)9-14(3,11-17)15-4/h12-13,15,17H,5-11H2,1-4H3. The van der Waals surface area contributed by atoms with E-state index in [2.05, 4.69) is 31.0 Å². The van der Waals surface area contributed by atoms with Crippen LogP contribution in [0.25, 0.3) is 0 Å². The zero-order chi connectivity index (χ0) is 12.9. The molecule has 0 amide bonds. The van der Waals surface area contributed by atoms with Gasteiger partial charge in [-0.3, -0.25) is 0 Å². The fourth-order valence-corrected chi connectivity index (χ4v) is 2.65. The van der Waals surface area contributed by atoms with Crippen LogP contribution < -0.4 is 5.32 Å². The Hall–Kier alpha value is -0.120. The molecule has 1 saturated carbocycles. The molecule has 2 unspecified atom stereocenters. The van der Waals surface area contributed by atoms with Crippen molar-refractivity contribution in [2.45, 2.75) is 58.0 Å². The summed E-state index contributed by atoms with van der Waals surface area (Å²) in [5.74, 6) is 0.923. The molecule has 2 atom stereocenters. The van der Waals surface area contributed by atoms with Crippen LogP contribution in [0.3, 0.4) is 0 Å². The number of hydrogen-bond acceptors (Lipinski definition) is 3. The van der Waals surface area contributed by atoms with E-state index >= 15 is 0 Å². The van der Waals surface area contributed by atoms with E-state index in [1.807, 2.05) is 7.05 Å². The summed E-state index contributed by atoms with van der Waals surface area (Å²) in [6, 6.07) is 0.533. The van der Waals surface area contributed by atoms with Gasteiger partial charge in [0.05, 0.1) is 6.61 Å². The molecule has 3 heteroatoms. The third kappa shape index (κ3) is 4.23. The highest BCUT2D eigenvalue weighted by Gasteiger charge is 2.28. The molecule has 0 bridgehead atoms. The van der Waals surface area contributed by atoms with Gasteiger partial charge in [0.2, 0.25) is 0 Å². The molecular weight excluding hydrogens is 212 g/mol. The molecule has 0 aliphatic heterocycles. The van der Waals surface area contributed by atoms with E-state index in [1.165, 1.54) is 25.8 Å². The molecule has 0 heterocycles. The molecule has 0 aromatic heterocycles. The Balaban J connectivity index is 2.43. The molecule has 1 fully saturated rings. The fourth-order valence-electron chi connectivity index (χ4n) is 2.65. The van der Waals surface area contributed by atoms with Gasteiger partial charge in [-0.05, 0) is 52.6 Å². The molecule has 3 nitrogen and oxygen atoms in total. The first-order valence-electron chi connectivity index (χ1n) is 7.08. The van der Waals surface area contributed by atoms with Crippen molar-refractivity contribution >= 4 is 0 Å². The van der Waals surface area contributed by atoms with E-state index in [0.29, 0.717) is 6.04 Å². The van der Waals surface area contributed by atoms with Crippen LogP contribution in [0.15, 0.2) is 0 Å². The van der Waals surface area contributed by atoms with Crippen molar-refractivity contribution in [1.29, 1.82) is 0 Å². The average Bonchev–Trinajstić information content (AvgIpc) is 2.27. The number of rotatable bonds is 8. The second-order valence-electron chi connectivity index (χ2n) is 5.91. The molecule has 17 heavy (non-hydrogen) atoms. The van der Waals surface area contributed by atoms with E-state index in [0.717, 1.165) is 18.9 Å². The van der Waals surface area contributed by atoms with Crippen LogP contribution in [0.2, 0.25) is 0 Å². The van der Waals surface area contributed by atoms with E-state index in [-0.39, 0.29) is 12.1 Å². The molecule has 102 valence electrons. The van der Waals surface area contributed by atoms with Gasteiger partial charge in [0.1, 0.15) is 0 Å². The third-order valence-electron chi connectivity index (χ3n) is 4.45. The number of hydrogen-bond donors (Lipinski definition) is 2. The highest BCUT2D eigenvalue weighted by atomic mass is 16.3. The summed E-state index contributed by atoms with van der Waals surface area (Å²) < 4.78 is 0. The van der Waals surface area contributed by atoms with Crippen molar-refractivity contribution in [3.63, 3.8) is 0 Å². The van der Waals surface area contributed by atoms with Gasteiger partial charge in [-0.2, -0.15) is 0 Å². The Kier molecular flexibility index (Phi) is 5.90. The number of nitrogens with zero attached hydrogens (tertiary/aromatic N) is 1. The molecule has 0 spiro atoms. The second-order valence-corrected chi connectivity index (χ2v) is 5.91. The van der Waals surface area contributed by atoms with Crippen molar-refractivity contribution in [2.24, 2.45) is 5.92 Å². The second kappa shape index (κ2) is 6.72. The molecule has 2 N–H and O–H groups in total. The van der Waals surface area contributed by atoms with Gasteiger partial charge >= 0.3 is 0 Å². The Labute approximate surface area is 107 Å². The highest BCUT2D eigenvalue weighted by molar-refractivity contribution is 4.86. The summed E-state index contributed by atoms with van der Waals surface area (Å²) in [7, 11) is 1.94. The van der Waals surface area contributed by atoms with E-state index in [1.54, 1.807) is 0 Å². The minimum absolute atomic E-state index is 0.146. The summed E-state index contributed by atoms with van der Waals surface area (Å²) in [5, 5.41) is 12.7. The lowest BCUT2D eigenvalue weighted by molar-refractivity contribution is 0.0984. The molecule has 0 aromatic carbocycles. The lowest BCUT2D eigenvalue weighted by atomic mass is 9.84. The Morgan fingerprint density at radius 3 is 2.47 bits per heavy atom. The van der Waals surface area contributed by atoms with Gasteiger partial charge in [-0.1, -0.05) is 13.3 Å². The summed E-state index contributed by atoms with van der Waals surface area (Å²) in [6.45, 7) is 9.18. The maximum atomic E-state index is 9.45. The quantitative estimate of drug-likeness (QED) is 0.682. The van der Waals surface area contributed by atoms with Crippen molar-refractivity contribution < 1.29 is 5.11 Å². The smallest absolute Gasteiger partial charge is 0.0611 e. The van der Waals surface area contributed by atoms with Crippen LogP contribution in [-0.4, -0.2) is 48.3 Å². The van der Waals surface area contributed by atoms with Gasteiger partial charge < -0.3 is 15.3 Å². The van der Waals surface area contributed by atoms with Crippen LogP contribution in [-0.2, 0) is 0 Å². The van der Waals surface area contributed by atoms with Gasteiger partial charge in [0.15, 0.2) is 0 Å². The number of aliphatic hydroxyl groups excluding tert-OH is 1. The highest BCUT2D eigenvalue weighted by Crippen LogP contribution is 2.28. The summed E-state index contributed by atoms with van der Waals surface area (Å²) in [4.78, 5) is 2.56. The first kappa shape index (κ1) is 14.9. The van der Waals surface area contributed by atoms with Crippen LogP contribution in [0.1, 0.15) is 46.5 Å². The largest absolute Gasteiger partial charge is 0.394 e. The summed E-state index contributed by atoms with van der Waals surface area (Å²) in [6.07, 6.45) is 5.24. The maximum Gasteiger partial charge on any atom is 0.0611 e. The topological polar surface area (TPSA) is 35.5 Å². The molecule has 0 saturated heterocycles. The molecule has 1 aliphatic rings. The third-order valence-corrected chi connectivity index (χ3v) is 4.45. The minimum Gasteiger partial charge on any atom is -0.394 e. The molecular formula is C14H30N2O. The average molecular weight is 242 g/mol. The Morgan fingerprint density at radius 1 is 1.47 bits per heavy atom. The lowest BCUT2D eigenvalue weighted by Gasteiger charge is -2.39. The van der Waals surface area contributed by atoms with Crippen LogP contribution >= 0.6 is 0 Å². The van der Waals surface area contributed by atoms with Crippen molar-refractivity contribution in [3.05, 3.63) is 0 Å². The van der Waals surface area contributed by atoms with Crippen molar-refractivity contribution in [3.8, 4) is 0 Å². The molecule has 1 rings (SSSR count). The minimum atomic E-state index is -0.146. The van der Waals surface area contributed by atoms with Gasteiger partial charge in [-0.15, -0.1) is 0 Å². The first-order chi connectivity index (χ1) is 8.04. The lowest BCUT2D eigenvalue weighted by Crippen LogP contribution is -2.50. The van der Waals surface area contributed by atoms with E-state index in [9.17, 15) is 5.11 Å². The van der Waals surface area contributed by atoms with Crippen molar-refractivity contribution in [1.82, 2.24) is 10.2 Å². The predicted octanol–water partition coefficient (Wildman–Crippen LogP) is 1.86. The van der Waals surface area contributed by atoms with E-state index < -0.39 is 0 Å². The zero-order valence-corrected chi connectivity index (χ0v) is 12.0. The maximum absolute atomic E-state index is 9.45. The summed E-state index contributed by atoms with van der Waals surface area (Å²) in [5.41, 5.74) is -0.146. The molecule has 1 aliphatic carbocycles. The number of aliphatic hydroxyl groups is 1. The normalized spacial score (nSPS) is 22.2. The number of likely N-dealkylation sites (N-methyl/N-ethyl adjacent to an activating group) is 1. The monoisotopic (exact) mass is 242 g/mol. The zero-order valence-electron chi connectivity index (χ0n) is 12.0. The van der Waals surface area contributed by atoms with Gasteiger partial charge in [-0.25, -0.2) is 0 Å². The van der Waals surface area contributed by atoms with Gasteiger partial charge in [0.25, 0.3) is 0 Å². The Morgan fingerprint density at radius 2 is 2.12 bits per heavy atom. The van der Waals surface area contributed by atoms with E-state index in [4.69, 9.17) is 0 Å². The number of nitrogens with one attached hydrogen (secondary N) is 1. The van der Waals surface area contributed by atoms with Crippen molar-refractivity contribution in [2.75, 3.05) is 26.7 Å². The Bertz CT molecular complexity index is 212. The first-order valence-corrected chi connectivity index (χ1v) is 7.08. The predicted molar refractivity (Wildman–Crippen MR) is 73.2 cm³/mol. The van der Waals surface area contributed by atoms with Crippen LogP contribution in [0.4, 0.5) is 0 Å². The molecule has 0 aromatic rings. The van der Waals surface area contributed by atoms with Gasteiger partial charge in [0, 0.05) is 18.1 Å². The van der Waals surface area contributed by atoms with Crippen LogP contribution in [0, 0.1) is 5.92 Å². The molecule has 0 radical (unpaired) electrons. The fraction of sp³-hybridized carbons (Fsp3) is 1.00.